The summed E-state index contributed by atoms with van der Waals surface area (Å²) in [5, 5.41) is 29.5. The highest BCUT2D eigenvalue weighted by Crippen LogP contribution is 2.24. The second kappa shape index (κ2) is 5.49. The van der Waals surface area contributed by atoms with Crippen molar-refractivity contribution < 1.29 is 15.1 Å². The van der Waals surface area contributed by atoms with Crippen molar-refractivity contribution in [1.82, 2.24) is 0 Å². The van der Waals surface area contributed by atoms with E-state index < -0.39 is 4.92 Å². The van der Waals surface area contributed by atoms with Crippen LogP contribution in [0.25, 0.3) is 0 Å². The third-order valence-corrected chi connectivity index (χ3v) is 2.90. The molecule has 0 aliphatic heterocycles. The zero-order valence-corrected chi connectivity index (χ0v) is 10.1. The first-order chi connectivity index (χ1) is 9.11. The number of hydrogen-bond donors (Lipinski definition) is 2. The number of nitrogens with zero attached hydrogens (tertiary/aromatic N) is 1. The Hall–Kier alpha value is -2.40. The molecule has 2 aromatic rings. The van der Waals surface area contributed by atoms with Crippen LogP contribution < -0.4 is 0 Å². The number of aliphatic hydroxyl groups is 1. The van der Waals surface area contributed by atoms with E-state index in [-0.39, 0.29) is 18.0 Å². The minimum absolute atomic E-state index is 0.00131. The first-order valence-electron chi connectivity index (χ1n) is 5.75. The average molecular weight is 259 g/mol. The maximum atomic E-state index is 10.9. The summed E-state index contributed by atoms with van der Waals surface area (Å²) in [7, 11) is 0. The van der Waals surface area contributed by atoms with Gasteiger partial charge in [-0.05, 0) is 11.6 Å². The van der Waals surface area contributed by atoms with Crippen LogP contribution in [-0.2, 0) is 13.0 Å². The van der Waals surface area contributed by atoms with Gasteiger partial charge in [-0.25, -0.2) is 0 Å². The van der Waals surface area contributed by atoms with Crippen molar-refractivity contribution in [3.63, 3.8) is 0 Å². The Bertz CT molecular complexity index is 610. The molecule has 98 valence electrons. The van der Waals surface area contributed by atoms with Gasteiger partial charge in [0.1, 0.15) is 5.75 Å². The van der Waals surface area contributed by atoms with E-state index in [9.17, 15) is 15.2 Å². The van der Waals surface area contributed by atoms with Crippen molar-refractivity contribution in [1.29, 1.82) is 0 Å². The van der Waals surface area contributed by atoms with E-state index in [1.807, 2.05) is 0 Å². The quantitative estimate of drug-likeness (QED) is 0.652. The lowest BCUT2D eigenvalue weighted by molar-refractivity contribution is -0.385. The molecule has 5 nitrogen and oxygen atoms in total. The van der Waals surface area contributed by atoms with E-state index in [0.717, 1.165) is 5.56 Å². The van der Waals surface area contributed by atoms with Crippen LogP contribution in [0.2, 0.25) is 0 Å². The molecule has 0 heterocycles. The summed E-state index contributed by atoms with van der Waals surface area (Å²) in [6.45, 7) is -0.238. The van der Waals surface area contributed by atoms with Gasteiger partial charge in [0.25, 0.3) is 5.69 Å². The van der Waals surface area contributed by atoms with Gasteiger partial charge in [0.2, 0.25) is 0 Å². The summed E-state index contributed by atoms with van der Waals surface area (Å²) in [6, 6.07) is 11.4. The molecule has 19 heavy (non-hydrogen) atoms. The van der Waals surface area contributed by atoms with Crippen LogP contribution in [0, 0.1) is 10.1 Å². The van der Waals surface area contributed by atoms with Crippen LogP contribution in [0.4, 0.5) is 5.69 Å². The summed E-state index contributed by atoms with van der Waals surface area (Å²) >= 11 is 0. The number of hydrogen-bond acceptors (Lipinski definition) is 4. The van der Waals surface area contributed by atoms with Crippen LogP contribution in [0.1, 0.15) is 16.7 Å². The minimum atomic E-state index is -0.419. The normalized spacial score (nSPS) is 10.4. The fourth-order valence-corrected chi connectivity index (χ4v) is 1.91. The Morgan fingerprint density at radius 3 is 2.47 bits per heavy atom. The maximum Gasteiger partial charge on any atom is 0.272 e. The Labute approximate surface area is 109 Å². The van der Waals surface area contributed by atoms with Crippen molar-refractivity contribution in [2.24, 2.45) is 0 Å². The van der Waals surface area contributed by atoms with Crippen LogP contribution in [0.5, 0.6) is 5.75 Å². The van der Waals surface area contributed by atoms with Crippen LogP contribution in [0.3, 0.4) is 0 Å². The van der Waals surface area contributed by atoms with Gasteiger partial charge in [0.15, 0.2) is 0 Å². The van der Waals surface area contributed by atoms with Gasteiger partial charge < -0.3 is 10.2 Å². The Morgan fingerprint density at radius 1 is 1.11 bits per heavy atom. The minimum Gasteiger partial charge on any atom is -0.508 e. The summed E-state index contributed by atoms with van der Waals surface area (Å²) in [5.41, 5.74) is 1.84. The summed E-state index contributed by atoms with van der Waals surface area (Å²) in [6.07, 6.45) is 0.358. The molecule has 0 aromatic heterocycles. The molecule has 0 aliphatic carbocycles. The third kappa shape index (κ3) is 2.89. The highest BCUT2D eigenvalue weighted by atomic mass is 16.6. The van der Waals surface area contributed by atoms with Crippen molar-refractivity contribution in [2.45, 2.75) is 13.0 Å². The SMILES string of the molecule is O=[N+]([O-])c1ccccc1Cc1ccc(CO)c(O)c1. The molecule has 0 aliphatic rings. The smallest absolute Gasteiger partial charge is 0.272 e. The molecule has 0 unspecified atom stereocenters. The maximum absolute atomic E-state index is 10.9. The van der Waals surface area contributed by atoms with Crippen LogP contribution in [-0.4, -0.2) is 15.1 Å². The average Bonchev–Trinajstić information content (AvgIpc) is 2.39. The summed E-state index contributed by atoms with van der Waals surface area (Å²) in [5.74, 6) is -0.00131. The predicted octanol–water partition coefficient (Wildman–Crippen LogP) is 2.38. The molecular formula is C14H13NO4. The fraction of sp³-hybridized carbons (Fsp3) is 0.143. The zero-order valence-electron chi connectivity index (χ0n) is 10.1. The van der Waals surface area contributed by atoms with E-state index >= 15 is 0 Å². The lowest BCUT2D eigenvalue weighted by Gasteiger charge is -2.06. The summed E-state index contributed by atoms with van der Waals surface area (Å²) < 4.78 is 0. The second-order valence-corrected chi connectivity index (χ2v) is 4.18. The Kier molecular flexibility index (Phi) is 3.77. The van der Waals surface area contributed by atoms with Gasteiger partial charge in [-0.15, -0.1) is 0 Å². The van der Waals surface area contributed by atoms with Gasteiger partial charge in [0.05, 0.1) is 11.5 Å². The molecule has 0 saturated carbocycles. The molecule has 0 radical (unpaired) electrons. The number of rotatable bonds is 4. The van der Waals surface area contributed by atoms with Gasteiger partial charge in [-0.1, -0.05) is 30.3 Å². The standard InChI is InChI=1S/C14H13NO4/c16-9-12-6-5-10(8-14(12)17)7-11-3-1-2-4-13(11)15(18)19/h1-6,8,16-17H,7,9H2. The molecule has 5 heteroatoms. The number of para-hydroxylation sites is 1. The fourth-order valence-electron chi connectivity index (χ4n) is 1.91. The second-order valence-electron chi connectivity index (χ2n) is 4.18. The Balaban J connectivity index is 2.31. The molecule has 0 atom stereocenters. The topological polar surface area (TPSA) is 83.6 Å². The van der Waals surface area contributed by atoms with E-state index in [2.05, 4.69) is 0 Å². The molecule has 0 amide bonds. The summed E-state index contributed by atoms with van der Waals surface area (Å²) in [4.78, 5) is 10.5. The third-order valence-electron chi connectivity index (χ3n) is 2.90. The molecule has 0 spiro atoms. The molecular weight excluding hydrogens is 246 g/mol. The lowest BCUT2D eigenvalue weighted by atomic mass is 10.0. The lowest BCUT2D eigenvalue weighted by Crippen LogP contribution is -1.96. The predicted molar refractivity (Wildman–Crippen MR) is 69.9 cm³/mol. The number of aromatic hydroxyl groups is 1. The van der Waals surface area contributed by atoms with E-state index in [1.165, 1.54) is 12.1 Å². The largest absolute Gasteiger partial charge is 0.508 e. The first kappa shape index (κ1) is 13.0. The van der Waals surface area contributed by atoms with Crippen LogP contribution in [0.15, 0.2) is 42.5 Å². The molecule has 0 saturated heterocycles. The van der Waals surface area contributed by atoms with Crippen LogP contribution >= 0.6 is 0 Å². The van der Waals surface area contributed by atoms with E-state index in [0.29, 0.717) is 17.5 Å². The molecule has 2 aromatic carbocycles. The number of nitro groups is 1. The van der Waals surface area contributed by atoms with Crippen molar-refractivity contribution >= 4 is 5.69 Å². The molecule has 2 N–H and O–H groups in total. The van der Waals surface area contributed by atoms with Crippen molar-refractivity contribution in [2.75, 3.05) is 0 Å². The van der Waals surface area contributed by atoms with E-state index in [4.69, 9.17) is 5.11 Å². The molecule has 0 bridgehead atoms. The number of nitro benzene ring substituents is 1. The highest BCUT2D eigenvalue weighted by molar-refractivity contribution is 5.45. The van der Waals surface area contributed by atoms with Gasteiger partial charge in [0, 0.05) is 23.6 Å². The number of aliphatic hydroxyl groups excluding tert-OH is 1. The Morgan fingerprint density at radius 2 is 1.84 bits per heavy atom. The molecule has 0 fully saturated rings. The van der Waals surface area contributed by atoms with Crippen molar-refractivity contribution in [3.05, 3.63) is 69.3 Å². The highest BCUT2D eigenvalue weighted by Gasteiger charge is 2.13. The van der Waals surface area contributed by atoms with Gasteiger partial charge in [-0.2, -0.15) is 0 Å². The van der Waals surface area contributed by atoms with E-state index in [1.54, 1.807) is 30.3 Å². The monoisotopic (exact) mass is 259 g/mol. The number of phenols is 1. The number of benzene rings is 2. The van der Waals surface area contributed by atoms with Gasteiger partial charge >= 0.3 is 0 Å². The zero-order chi connectivity index (χ0) is 13.8. The first-order valence-corrected chi connectivity index (χ1v) is 5.75. The molecule has 2 rings (SSSR count). The van der Waals surface area contributed by atoms with Crippen molar-refractivity contribution in [3.8, 4) is 5.75 Å². The van der Waals surface area contributed by atoms with Gasteiger partial charge in [-0.3, -0.25) is 10.1 Å².